The Hall–Kier alpha value is -1.95. The fourth-order valence-electron chi connectivity index (χ4n) is 7.51. The zero-order chi connectivity index (χ0) is 25.1. The molecule has 34 heavy (non-hydrogen) atoms. The molecule has 0 saturated heterocycles. The maximum absolute atomic E-state index is 12.6. The zero-order valence-electron chi connectivity index (χ0n) is 21.5. The first-order chi connectivity index (χ1) is 15.7. The van der Waals surface area contributed by atoms with E-state index in [1.165, 1.54) is 6.92 Å². The molecule has 1 N–H and O–H groups in total. The van der Waals surface area contributed by atoms with E-state index in [9.17, 15) is 19.5 Å². The van der Waals surface area contributed by atoms with E-state index in [1.54, 1.807) is 6.08 Å². The minimum atomic E-state index is -0.949. The fourth-order valence-corrected chi connectivity index (χ4v) is 7.51. The summed E-state index contributed by atoms with van der Waals surface area (Å²) >= 11 is 0. The van der Waals surface area contributed by atoms with E-state index in [0.29, 0.717) is 19.3 Å². The summed E-state index contributed by atoms with van der Waals surface area (Å²) in [5.41, 5.74) is -1.43. The molecule has 4 rings (SSSR count). The standard InChI is InChI=1S/C28H40O6/c1-17(34-24(31)25(3,4)5)21-11-14-28(32)23-8-7-19-15-20(30)9-13-27(19,16-33-18(2)29)22(23)10-12-26(21,28)6/h7-8,15,17,21-23,32H,9-14,16H2,1-6H3/t17-,21+,22-,23-,26+,27+,28+/m0/s1. The minimum Gasteiger partial charge on any atom is -0.465 e. The van der Waals surface area contributed by atoms with Crippen LogP contribution < -0.4 is 0 Å². The van der Waals surface area contributed by atoms with Crippen LogP contribution in [0.25, 0.3) is 0 Å². The summed E-state index contributed by atoms with van der Waals surface area (Å²) in [5.74, 6) is -0.402. The summed E-state index contributed by atoms with van der Waals surface area (Å²) in [6.45, 7) is 11.3. The number of carbonyl (C=O) groups is 3. The number of aliphatic hydroxyl groups is 1. The van der Waals surface area contributed by atoms with Crippen molar-refractivity contribution < 1.29 is 29.0 Å². The summed E-state index contributed by atoms with van der Waals surface area (Å²) in [6.07, 6.45) is 9.65. The lowest BCUT2D eigenvalue weighted by atomic mass is 9.46. The lowest BCUT2D eigenvalue weighted by Crippen LogP contribution is -2.61. The topological polar surface area (TPSA) is 89.9 Å². The number of hydrogen-bond acceptors (Lipinski definition) is 6. The minimum absolute atomic E-state index is 0.0624. The molecule has 0 aliphatic heterocycles. The Balaban J connectivity index is 1.67. The molecule has 0 amide bonds. The Morgan fingerprint density at radius 1 is 1.21 bits per heavy atom. The van der Waals surface area contributed by atoms with Gasteiger partial charge in [-0.15, -0.1) is 0 Å². The summed E-state index contributed by atoms with van der Waals surface area (Å²) in [7, 11) is 0. The number of hydrogen-bond donors (Lipinski definition) is 1. The van der Waals surface area contributed by atoms with E-state index in [-0.39, 0.29) is 48.2 Å². The molecular weight excluding hydrogens is 432 g/mol. The normalized spacial score (nSPS) is 39.9. The van der Waals surface area contributed by atoms with Gasteiger partial charge in [-0.25, -0.2) is 0 Å². The monoisotopic (exact) mass is 472 g/mol. The molecule has 0 aromatic heterocycles. The van der Waals surface area contributed by atoms with Gasteiger partial charge in [-0.05, 0) is 77.4 Å². The van der Waals surface area contributed by atoms with Gasteiger partial charge in [-0.2, -0.15) is 0 Å². The summed E-state index contributed by atoms with van der Waals surface area (Å²) in [5, 5.41) is 12.3. The second-order valence-electron chi connectivity index (χ2n) is 12.4. The average molecular weight is 473 g/mol. The second kappa shape index (κ2) is 8.32. The largest absolute Gasteiger partial charge is 0.465 e. The van der Waals surface area contributed by atoms with Gasteiger partial charge in [0.2, 0.25) is 0 Å². The number of allylic oxidation sites excluding steroid dienone is 2. The van der Waals surface area contributed by atoms with Gasteiger partial charge in [-0.1, -0.05) is 19.1 Å². The van der Waals surface area contributed by atoms with Crippen molar-refractivity contribution in [3.05, 3.63) is 23.8 Å². The molecule has 0 unspecified atom stereocenters. The third kappa shape index (κ3) is 3.77. The molecule has 7 atom stereocenters. The number of fused-ring (bicyclic) bond motifs is 5. The molecule has 2 saturated carbocycles. The van der Waals surface area contributed by atoms with Gasteiger partial charge in [0, 0.05) is 36.0 Å². The summed E-state index contributed by atoms with van der Waals surface area (Å²) in [4.78, 5) is 36.5. The Bertz CT molecular complexity index is 941. The van der Waals surface area contributed by atoms with Crippen LogP contribution in [0.4, 0.5) is 0 Å². The van der Waals surface area contributed by atoms with E-state index in [2.05, 4.69) is 13.0 Å². The molecule has 4 aliphatic carbocycles. The third-order valence-electron chi connectivity index (χ3n) is 9.51. The molecule has 0 heterocycles. The van der Waals surface area contributed by atoms with E-state index in [4.69, 9.17) is 9.47 Å². The van der Waals surface area contributed by atoms with Crippen molar-refractivity contribution in [2.45, 2.75) is 91.8 Å². The quantitative estimate of drug-likeness (QED) is 0.604. The van der Waals surface area contributed by atoms with Crippen molar-refractivity contribution in [2.24, 2.45) is 34.0 Å². The van der Waals surface area contributed by atoms with Crippen LogP contribution in [0.2, 0.25) is 0 Å². The number of carbonyl (C=O) groups excluding carboxylic acids is 3. The van der Waals surface area contributed by atoms with Gasteiger partial charge in [-0.3, -0.25) is 14.4 Å². The van der Waals surface area contributed by atoms with Crippen LogP contribution in [0.5, 0.6) is 0 Å². The van der Waals surface area contributed by atoms with Crippen LogP contribution in [-0.2, 0) is 23.9 Å². The van der Waals surface area contributed by atoms with E-state index in [1.807, 2.05) is 33.8 Å². The van der Waals surface area contributed by atoms with Gasteiger partial charge >= 0.3 is 11.9 Å². The van der Waals surface area contributed by atoms with Crippen molar-refractivity contribution in [2.75, 3.05) is 6.61 Å². The lowest BCUT2D eigenvalue weighted by molar-refractivity contribution is -0.188. The molecular formula is C28H40O6. The molecule has 0 bridgehead atoms. The Labute approximate surface area is 203 Å². The van der Waals surface area contributed by atoms with Crippen LogP contribution in [0.15, 0.2) is 23.8 Å². The van der Waals surface area contributed by atoms with Gasteiger partial charge in [0.15, 0.2) is 5.78 Å². The predicted octanol–water partition coefficient (Wildman–Crippen LogP) is 4.55. The molecule has 188 valence electrons. The third-order valence-corrected chi connectivity index (χ3v) is 9.51. The first kappa shape index (κ1) is 25.2. The van der Waals surface area contributed by atoms with Gasteiger partial charge in [0.1, 0.15) is 12.7 Å². The van der Waals surface area contributed by atoms with Crippen LogP contribution >= 0.6 is 0 Å². The Morgan fingerprint density at radius 2 is 1.91 bits per heavy atom. The van der Waals surface area contributed by atoms with Crippen LogP contribution in [0.1, 0.15) is 80.1 Å². The van der Waals surface area contributed by atoms with Crippen LogP contribution in [0, 0.1) is 34.0 Å². The number of esters is 2. The van der Waals surface area contributed by atoms with E-state index >= 15 is 0 Å². The Morgan fingerprint density at radius 3 is 2.56 bits per heavy atom. The first-order valence-corrected chi connectivity index (χ1v) is 12.7. The van der Waals surface area contributed by atoms with Gasteiger partial charge in [0.25, 0.3) is 0 Å². The predicted molar refractivity (Wildman–Crippen MR) is 128 cm³/mol. The average Bonchev–Trinajstić information content (AvgIpc) is 3.03. The highest BCUT2D eigenvalue weighted by atomic mass is 16.5. The second-order valence-corrected chi connectivity index (χ2v) is 12.4. The maximum Gasteiger partial charge on any atom is 0.311 e. The van der Waals surface area contributed by atoms with Crippen LogP contribution in [0.3, 0.4) is 0 Å². The smallest absolute Gasteiger partial charge is 0.311 e. The zero-order valence-corrected chi connectivity index (χ0v) is 21.5. The highest BCUT2D eigenvalue weighted by Gasteiger charge is 2.67. The summed E-state index contributed by atoms with van der Waals surface area (Å²) < 4.78 is 11.5. The molecule has 0 aromatic carbocycles. The number of ketones is 1. The van der Waals surface area contributed by atoms with E-state index < -0.39 is 21.8 Å². The fraction of sp³-hybridized carbons (Fsp3) is 0.750. The molecule has 6 heteroatoms. The maximum atomic E-state index is 12.6. The molecule has 0 aromatic rings. The van der Waals surface area contributed by atoms with Gasteiger partial charge in [0.05, 0.1) is 11.0 Å². The highest BCUT2D eigenvalue weighted by molar-refractivity contribution is 5.92. The van der Waals surface area contributed by atoms with E-state index in [0.717, 1.165) is 24.8 Å². The SMILES string of the molecule is CC(=O)OC[C@]12CCC(=O)C=C1C=C[C@H]1[C@@H]2CC[C@]2(C)[C@@H]([C@H](C)OC(=O)C(C)(C)C)CC[C@@]12O. The van der Waals surface area contributed by atoms with Crippen molar-refractivity contribution in [3.63, 3.8) is 0 Å². The molecule has 0 radical (unpaired) electrons. The van der Waals surface area contributed by atoms with Crippen LogP contribution in [-0.4, -0.2) is 41.1 Å². The van der Waals surface area contributed by atoms with Crippen molar-refractivity contribution >= 4 is 17.7 Å². The van der Waals surface area contributed by atoms with Crippen molar-refractivity contribution in [1.82, 2.24) is 0 Å². The highest BCUT2D eigenvalue weighted by Crippen LogP contribution is 2.67. The lowest BCUT2D eigenvalue weighted by Gasteiger charge is -2.60. The van der Waals surface area contributed by atoms with Crippen molar-refractivity contribution in [3.8, 4) is 0 Å². The summed E-state index contributed by atoms with van der Waals surface area (Å²) in [6, 6.07) is 0. The molecule has 2 fully saturated rings. The number of ether oxygens (including phenoxy) is 2. The first-order valence-electron chi connectivity index (χ1n) is 12.7. The van der Waals surface area contributed by atoms with Crippen molar-refractivity contribution in [1.29, 1.82) is 0 Å². The van der Waals surface area contributed by atoms with Gasteiger partial charge < -0.3 is 14.6 Å². The molecule has 6 nitrogen and oxygen atoms in total. The molecule has 0 spiro atoms. The number of rotatable bonds is 4. The Kier molecular flexibility index (Phi) is 6.16. The molecule has 4 aliphatic rings.